The molecule has 0 aliphatic heterocycles. The Morgan fingerprint density at radius 1 is 0.667 bits per heavy atom. The van der Waals surface area contributed by atoms with Gasteiger partial charge in [-0.3, -0.25) is 9.59 Å². The lowest BCUT2D eigenvalue weighted by Gasteiger charge is -2.19. The van der Waals surface area contributed by atoms with Crippen molar-refractivity contribution in [3.63, 3.8) is 0 Å². The molecule has 1 aliphatic rings. The van der Waals surface area contributed by atoms with E-state index >= 15 is 0 Å². The molecule has 0 radical (unpaired) electrons. The van der Waals surface area contributed by atoms with Crippen molar-refractivity contribution in [2.75, 3.05) is 0 Å². The highest BCUT2D eigenvalue weighted by Crippen LogP contribution is 2.24. The molecular formula is C24H44O3. The van der Waals surface area contributed by atoms with E-state index in [0.29, 0.717) is 6.42 Å². The minimum atomic E-state index is -0.315. The van der Waals surface area contributed by atoms with Gasteiger partial charge in [0.1, 0.15) is 0 Å². The molecule has 0 saturated heterocycles. The monoisotopic (exact) mass is 380 g/mol. The van der Waals surface area contributed by atoms with Gasteiger partial charge in [-0.2, -0.15) is 0 Å². The van der Waals surface area contributed by atoms with Gasteiger partial charge < -0.3 is 4.74 Å². The van der Waals surface area contributed by atoms with Crippen LogP contribution >= 0.6 is 0 Å². The predicted octanol–water partition coefficient (Wildman–Crippen LogP) is 7.51. The second-order valence-corrected chi connectivity index (χ2v) is 8.47. The zero-order valence-corrected chi connectivity index (χ0v) is 17.9. The van der Waals surface area contributed by atoms with Gasteiger partial charge in [-0.15, -0.1) is 0 Å². The minimum Gasteiger partial charge on any atom is -0.393 e. The molecule has 27 heavy (non-hydrogen) atoms. The SMILES string of the molecule is CCCCCCCCCCCCCCCCC(=O)OC(=O)C1CCCCC1. The van der Waals surface area contributed by atoms with Crippen molar-refractivity contribution in [2.45, 2.75) is 135 Å². The van der Waals surface area contributed by atoms with E-state index in [1.807, 2.05) is 0 Å². The highest BCUT2D eigenvalue weighted by atomic mass is 16.6. The van der Waals surface area contributed by atoms with Crippen LogP contribution < -0.4 is 0 Å². The summed E-state index contributed by atoms with van der Waals surface area (Å²) < 4.78 is 5.03. The summed E-state index contributed by atoms with van der Waals surface area (Å²) >= 11 is 0. The van der Waals surface area contributed by atoms with Crippen LogP contribution in [0.2, 0.25) is 0 Å². The fraction of sp³-hybridized carbons (Fsp3) is 0.917. The molecule has 0 atom stereocenters. The summed E-state index contributed by atoms with van der Waals surface area (Å²) in [5.74, 6) is -0.617. The average molecular weight is 381 g/mol. The molecule has 0 bridgehead atoms. The van der Waals surface area contributed by atoms with Crippen molar-refractivity contribution in [1.82, 2.24) is 0 Å². The molecule has 1 aliphatic carbocycles. The molecule has 1 rings (SSSR count). The van der Waals surface area contributed by atoms with E-state index in [9.17, 15) is 9.59 Å². The summed E-state index contributed by atoms with van der Waals surface area (Å²) in [5.41, 5.74) is 0. The van der Waals surface area contributed by atoms with Crippen LogP contribution in [0.25, 0.3) is 0 Å². The molecule has 3 nitrogen and oxygen atoms in total. The third kappa shape index (κ3) is 13.9. The Labute approximate surface area is 168 Å². The molecule has 0 unspecified atom stereocenters. The maximum Gasteiger partial charge on any atom is 0.316 e. The van der Waals surface area contributed by atoms with Gasteiger partial charge in [0.15, 0.2) is 0 Å². The molecule has 0 aromatic rings. The van der Waals surface area contributed by atoms with Crippen molar-refractivity contribution in [3.8, 4) is 0 Å². The first kappa shape index (κ1) is 24.2. The topological polar surface area (TPSA) is 43.4 Å². The summed E-state index contributed by atoms with van der Waals surface area (Å²) in [6, 6.07) is 0. The first-order valence-electron chi connectivity index (χ1n) is 12.0. The number of hydrogen-bond acceptors (Lipinski definition) is 3. The molecule has 1 saturated carbocycles. The van der Waals surface area contributed by atoms with E-state index < -0.39 is 0 Å². The quantitative estimate of drug-likeness (QED) is 0.158. The van der Waals surface area contributed by atoms with Gasteiger partial charge in [-0.05, 0) is 19.3 Å². The average Bonchev–Trinajstić information content (AvgIpc) is 2.69. The van der Waals surface area contributed by atoms with Crippen molar-refractivity contribution < 1.29 is 14.3 Å². The van der Waals surface area contributed by atoms with Crippen LogP contribution in [-0.4, -0.2) is 11.9 Å². The molecule has 158 valence electrons. The molecule has 3 heteroatoms. The van der Waals surface area contributed by atoms with Crippen molar-refractivity contribution in [1.29, 1.82) is 0 Å². The van der Waals surface area contributed by atoms with Gasteiger partial charge in [0.05, 0.1) is 5.92 Å². The van der Waals surface area contributed by atoms with Crippen LogP contribution in [0.1, 0.15) is 135 Å². The summed E-state index contributed by atoms with van der Waals surface area (Å²) in [6.07, 6.45) is 23.8. The Morgan fingerprint density at radius 2 is 1.11 bits per heavy atom. The number of carbonyl (C=O) groups is 2. The van der Waals surface area contributed by atoms with Crippen molar-refractivity contribution in [3.05, 3.63) is 0 Å². The van der Waals surface area contributed by atoms with Crippen LogP contribution in [0.3, 0.4) is 0 Å². The Balaban J connectivity index is 1.81. The van der Waals surface area contributed by atoms with Gasteiger partial charge in [-0.1, -0.05) is 110 Å². The summed E-state index contributed by atoms with van der Waals surface area (Å²) in [6.45, 7) is 2.27. The highest BCUT2D eigenvalue weighted by molar-refractivity contribution is 5.86. The van der Waals surface area contributed by atoms with Crippen LogP contribution in [0.4, 0.5) is 0 Å². The minimum absolute atomic E-state index is 0.0287. The van der Waals surface area contributed by atoms with E-state index in [1.54, 1.807) is 0 Å². The van der Waals surface area contributed by atoms with Crippen LogP contribution in [-0.2, 0) is 14.3 Å². The number of esters is 2. The molecule has 0 N–H and O–H groups in total. The van der Waals surface area contributed by atoms with Crippen LogP contribution in [0.15, 0.2) is 0 Å². The molecule has 0 spiro atoms. The highest BCUT2D eigenvalue weighted by Gasteiger charge is 2.24. The van der Waals surface area contributed by atoms with Crippen LogP contribution in [0.5, 0.6) is 0 Å². The Hall–Kier alpha value is -0.860. The van der Waals surface area contributed by atoms with Gasteiger partial charge >= 0.3 is 11.9 Å². The van der Waals surface area contributed by atoms with E-state index in [-0.39, 0.29) is 17.9 Å². The zero-order chi connectivity index (χ0) is 19.6. The van der Waals surface area contributed by atoms with Crippen molar-refractivity contribution in [2.24, 2.45) is 5.92 Å². The molecule has 1 fully saturated rings. The van der Waals surface area contributed by atoms with Gasteiger partial charge in [0.2, 0.25) is 0 Å². The maximum absolute atomic E-state index is 11.9. The Bertz CT molecular complexity index is 372. The lowest BCUT2D eigenvalue weighted by Crippen LogP contribution is -2.23. The fourth-order valence-electron chi connectivity index (χ4n) is 4.05. The third-order valence-electron chi connectivity index (χ3n) is 5.89. The first-order valence-corrected chi connectivity index (χ1v) is 12.0. The Kier molecular flexibility index (Phi) is 15.4. The number of rotatable bonds is 16. The number of unbranched alkanes of at least 4 members (excludes halogenated alkanes) is 13. The number of carbonyl (C=O) groups excluding carboxylic acids is 2. The molecule has 0 aromatic heterocycles. The second kappa shape index (κ2) is 17.3. The molecular weight excluding hydrogens is 336 g/mol. The van der Waals surface area contributed by atoms with E-state index in [4.69, 9.17) is 4.74 Å². The second-order valence-electron chi connectivity index (χ2n) is 8.47. The largest absolute Gasteiger partial charge is 0.393 e. The summed E-state index contributed by atoms with van der Waals surface area (Å²) in [4.78, 5) is 23.7. The summed E-state index contributed by atoms with van der Waals surface area (Å²) in [5, 5.41) is 0. The maximum atomic E-state index is 11.9. The molecule has 0 aromatic carbocycles. The predicted molar refractivity (Wildman–Crippen MR) is 113 cm³/mol. The lowest BCUT2D eigenvalue weighted by atomic mass is 9.89. The van der Waals surface area contributed by atoms with Crippen LogP contribution in [0, 0.1) is 5.92 Å². The fourth-order valence-corrected chi connectivity index (χ4v) is 4.05. The van der Waals surface area contributed by atoms with Crippen molar-refractivity contribution >= 4 is 11.9 Å². The number of ether oxygens (including phenoxy) is 1. The smallest absolute Gasteiger partial charge is 0.316 e. The lowest BCUT2D eigenvalue weighted by molar-refractivity contribution is -0.163. The third-order valence-corrected chi connectivity index (χ3v) is 5.89. The number of hydrogen-bond donors (Lipinski definition) is 0. The van der Waals surface area contributed by atoms with E-state index in [2.05, 4.69) is 6.92 Å². The first-order chi connectivity index (χ1) is 13.2. The standard InChI is InChI=1S/C24H44O3/c1-2-3-4-5-6-7-8-9-10-11-12-13-14-18-21-23(25)27-24(26)22-19-16-15-17-20-22/h22H,2-21H2,1H3. The zero-order valence-electron chi connectivity index (χ0n) is 17.9. The normalized spacial score (nSPS) is 15.0. The van der Waals surface area contributed by atoms with E-state index in [1.165, 1.54) is 83.5 Å². The molecule has 0 amide bonds. The Morgan fingerprint density at radius 3 is 1.59 bits per heavy atom. The van der Waals surface area contributed by atoms with Gasteiger partial charge in [0.25, 0.3) is 0 Å². The molecule has 0 heterocycles. The van der Waals surface area contributed by atoms with Gasteiger partial charge in [0, 0.05) is 6.42 Å². The van der Waals surface area contributed by atoms with Gasteiger partial charge in [-0.25, -0.2) is 0 Å². The van der Waals surface area contributed by atoms with E-state index in [0.717, 1.165) is 38.5 Å². The summed E-state index contributed by atoms with van der Waals surface area (Å²) in [7, 11) is 0.